The van der Waals surface area contributed by atoms with Gasteiger partial charge in [-0.25, -0.2) is 9.67 Å². The first-order chi connectivity index (χ1) is 19.9. The van der Waals surface area contributed by atoms with Gasteiger partial charge in [-0.15, -0.1) is 0 Å². The molecule has 0 aliphatic carbocycles. The van der Waals surface area contributed by atoms with Crippen molar-refractivity contribution in [1.82, 2.24) is 19.3 Å². The van der Waals surface area contributed by atoms with Gasteiger partial charge >= 0.3 is 0 Å². The van der Waals surface area contributed by atoms with E-state index in [-0.39, 0.29) is 12.2 Å². The van der Waals surface area contributed by atoms with Crippen LogP contribution in [0, 0.1) is 5.92 Å². The van der Waals surface area contributed by atoms with Crippen LogP contribution in [0.25, 0.3) is 32.8 Å². The van der Waals surface area contributed by atoms with Crippen molar-refractivity contribution in [3.8, 4) is 11.3 Å². The highest BCUT2D eigenvalue weighted by molar-refractivity contribution is 5.97. The molecule has 3 aromatic heterocycles. The van der Waals surface area contributed by atoms with E-state index in [1.165, 1.54) is 4.68 Å². The van der Waals surface area contributed by atoms with E-state index in [9.17, 15) is 9.90 Å². The van der Waals surface area contributed by atoms with E-state index in [2.05, 4.69) is 53.2 Å². The fraction of sp³-hybridized carbons (Fsp3) is 0.364. The summed E-state index contributed by atoms with van der Waals surface area (Å²) < 4.78 is 3.60. The molecule has 0 atom stereocenters. The van der Waals surface area contributed by atoms with Gasteiger partial charge in [-0.1, -0.05) is 62.7 Å². The number of nitrogens with zero attached hydrogens (tertiary/aromatic N) is 4. The maximum absolute atomic E-state index is 13.6. The smallest absolute Gasteiger partial charge is 0.276 e. The van der Waals surface area contributed by atoms with Crippen LogP contribution in [0.4, 0.5) is 5.82 Å². The number of aliphatic hydroxyl groups excluding tert-OH is 1. The standard InChI is InChI=1S/C33H40N6O2/c1-22(2)16-29-28-20-39(31(30(28)33(41)38(3)37-29)24-11-9-10-23(17-24)21-40)19-25-18-36-32(35-15-8-4-7-14-34)27-13-6-5-12-26(25)27/h5-6,9-13,17-18,20,22,40H,4,7-8,14-16,19,21,34H2,1-3H3,(H,35,36). The minimum atomic E-state index is -0.132. The van der Waals surface area contributed by atoms with Gasteiger partial charge in [-0.05, 0) is 59.9 Å². The summed E-state index contributed by atoms with van der Waals surface area (Å²) in [6.45, 7) is 6.35. The predicted molar refractivity (Wildman–Crippen MR) is 167 cm³/mol. The molecule has 0 saturated carbocycles. The summed E-state index contributed by atoms with van der Waals surface area (Å²) in [5.41, 5.74) is 9.99. The van der Waals surface area contributed by atoms with Crippen LogP contribution in [-0.4, -0.2) is 37.5 Å². The second kappa shape index (κ2) is 12.7. The van der Waals surface area contributed by atoms with Crippen molar-refractivity contribution in [2.24, 2.45) is 18.7 Å². The SMILES string of the molecule is CC(C)Cc1nn(C)c(=O)c2c(-c3cccc(CO)c3)n(Cc3cnc(NCCCCCN)c4ccccc34)cc12. The summed E-state index contributed by atoms with van der Waals surface area (Å²) >= 11 is 0. The van der Waals surface area contributed by atoms with E-state index in [0.717, 1.165) is 88.8 Å². The lowest BCUT2D eigenvalue weighted by atomic mass is 10.0. The van der Waals surface area contributed by atoms with Gasteiger partial charge in [-0.3, -0.25) is 4.79 Å². The predicted octanol–water partition coefficient (Wildman–Crippen LogP) is 5.23. The first-order valence-electron chi connectivity index (χ1n) is 14.5. The highest BCUT2D eigenvalue weighted by atomic mass is 16.3. The summed E-state index contributed by atoms with van der Waals surface area (Å²) in [6.07, 6.45) is 7.94. The number of fused-ring (bicyclic) bond motifs is 2. The lowest BCUT2D eigenvalue weighted by Gasteiger charge is -2.15. The van der Waals surface area contributed by atoms with E-state index < -0.39 is 0 Å². The zero-order chi connectivity index (χ0) is 28.9. The molecule has 8 heteroatoms. The van der Waals surface area contributed by atoms with Crippen molar-refractivity contribution in [3.05, 3.63) is 88.1 Å². The van der Waals surface area contributed by atoms with Gasteiger partial charge in [0.1, 0.15) is 5.82 Å². The van der Waals surface area contributed by atoms with Crippen molar-refractivity contribution in [3.63, 3.8) is 0 Å². The molecule has 2 aromatic carbocycles. The quantitative estimate of drug-likeness (QED) is 0.183. The third kappa shape index (κ3) is 6.04. The van der Waals surface area contributed by atoms with Crippen molar-refractivity contribution < 1.29 is 5.11 Å². The van der Waals surface area contributed by atoms with E-state index in [0.29, 0.717) is 17.8 Å². The highest BCUT2D eigenvalue weighted by Crippen LogP contribution is 2.33. The van der Waals surface area contributed by atoms with Gasteiger partial charge in [-0.2, -0.15) is 5.10 Å². The normalized spacial score (nSPS) is 11.7. The van der Waals surface area contributed by atoms with Gasteiger partial charge in [0.05, 0.1) is 23.4 Å². The van der Waals surface area contributed by atoms with Crippen molar-refractivity contribution in [2.45, 2.75) is 52.7 Å². The van der Waals surface area contributed by atoms with Crippen LogP contribution >= 0.6 is 0 Å². The van der Waals surface area contributed by atoms with Gasteiger partial charge in [0.15, 0.2) is 0 Å². The van der Waals surface area contributed by atoms with E-state index in [4.69, 9.17) is 10.7 Å². The molecule has 4 N–H and O–H groups in total. The number of aryl methyl sites for hydroxylation is 1. The molecule has 0 aliphatic rings. The van der Waals surface area contributed by atoms with Crippen LogP contribution in [0.15, 0.2) is 65.7 Å². The molecule has 214 valence electrons. The Morgan fingerprint density at radius 1 is 1.02 bits per heavy atom. The number of aliphatic hydroxyl groups is 1. The Kier molecular flexibility index (Phi) is 8.81. The summed E-state index contributed by atoms with van der Waals surface area (Å²) in [4.78, 5) is 18.4. The molecule has 0 fully saturated rings. The average Bonchev–Trinajstić information content (AvgIpc) is 3.36. The molecule has 5 aromatic rings. The lowest BCUT2D eigenvalue weighted by molar-refractivity contribution is 0.282. The van der Waals surface area contributed by atoms with Crippen molar-refractivity contribution >= 4 is 27.4 Å². The van der Waals surface area contributed by atoms with Crippen LogP contribution in [0.3, 0.4) is 0 Å². The fourth-order valence-corrected chi connectivity index (χ4v) is 5.58. The summed E-state index contributed by atoms with van der Waals surface area (Å²) in [6, 6.07) is 16.1. The van der Waals surface area contributed by atoms with Crippen molar-refractivity contribution in [1.29, 1.82) is 0 Å². The number of benzene rings is 2. The summed E-state index contributed by atoms with van der Waals surface area (Å²) in [5.74, 6) is 1.26. The fourth-order valence-electron chi connectivity index (χ4n) is 5.58. The number of hydrogen-bond donors (Lipinski definition) is 3. The van der Waals surface area contributed by atoms with Crippen LogP contribution in [0.5, 0.6) is 0 Å². The van der Waals surface area contributed by atoms with Crippen molar-refractivity contribution in [2.75, 3.05) is 18.4 Å². The van der Waals surface area contributed by atoms with E-state index in [1.807, 2.05) is 36.5 Å². The minimum absolute atomic E-state index is 0.0696. The van der Waals surface area contributed by atoms with Gasteiger partial charge < -0.3 is 20.7 Å². The number of nitrogens with one attached hydrogen (secondary N) is 1. The van der Waals surface area contributed by atoms with Crippen LogP contribution in [0.1, 0.15) is 49.9 Å². The molecule has 0 spiro atoms. The Bertz CT molecular complexity index is 1720. The molecule has 0 unspecified atom stereocenters. The number of pyridine rings is 1. The highest BCUT2D eigenvalue weighted by Gasteiger charge is 2.21. The second-order valence-corrected chi connectivity index (χ2v) is 11.2. The number of aromatic nitrogens is 4. The lowest BCUT2D eigenvalue weighted by Crippen LogP contribution is -2.22. The molecule has 3 heterocycles. The number of nitrogens with two attached hydrogens (primary N) is 1. The Morgan fingerprint density at radius 2 is 1.83 bits per heavy atom. The zero-order valence-electron chi connectivity index (χ0n) is 24.2. The number of hydrogen-bond acceptors (Lipinski definition) is 6. The Balaban J connectivity index is 1.64. The maximum atomic E-state index is 13.6. The first kappa shape index (κ1) is 28.5. The molecule has 41 heavy (non-hydrogen) atoms. The zero-order valence-corrected chi connectivity index (χ0v) is 24.2. The molecule has 0 aliphatic heterocycles. The number of unbranched alkanes of at least 4 members (excludes halogenated alkanes) is 2. The monoisotopic (exact) mass is 552 g/mol. The summed E-state index contributed by atoms with van der Waals surface area (Å²) in [5, 5.41) is 21.8. The molecule has 0 saturated heterocycles. The van der Waals surface area contributed by atoms with Crippen LogP contribution in [-0.2, 0) is 26.6 Å². The Morgan fingerprint density at radius 3 is 2.59 bits per heavy atom. The Labute approximate surface area is 240 Å². The van der Waals surface area contributed by atoms with Crippen LogP contribution < -0.4 is 16.6 Å². The number of rotatable bonds is 12. The van der Waals surface area contributed by atoms with Gasteiger partial charge in [0, 0.05) is 43.3 Å². The number of anilines is 1. The molecule has 0 bridgehead atoms. The molecule has 8 nitrogen and oxygen atoms in total. The molecular formula is C33H40N6O2. The van der Waals surface area contributed by atoms with Gasteiger partial charge in [0.25, 0.3) is 5.56 Å². The maximum Gasteiger partial charge on any atom is 0.276 e. The van der Waals surface area contributed by atoms with E-state index >= 15 is 0 Å². The molecule has 5 rings (SSSR count). The largest absolute Gasteiger partial charge is 0.392 e. The average molecular weight is 553 g/mol. The third-order valence-electron chi connectivity index (χ3n) is 7.54. The topological polar surface area (TPSA) is 111 Å². The third-order valence-corrected chi connectivity index (χ3v) is 7.54. The summed E-state index contributed by atoms with van der Waals surface area (Å²) in [7, 11) is 1.72. The molecule has 0 amide bonds. The van der Waals surface area contributed by atoms with E-state index in [1.54, 1.807) is 7.05 Å². The van der Waals surface area contributed by atoms with Gasteiger partial charge in [0.2, 0.25) is 0 Å². The molecule has 0 radical (unpaired) electrons. The Hall–Kier alpha value is -4.01. The molecular weight excluding hydrogens is 512 g/mol. The van der Waals surface area contributed by atoms with Crippen LogP contribution in [0.2, 0.25) is 0 Å². The minimum Gasteiger partial charge on any atom is -0.392 e. The second-order valence-electron chi connectivity index (χ2n) is 11.2. The first-order valence-corrected chi connectivity index (χ1v) is 14.5.